The molecule has 0 saturated heterocycles. The van der Waals surface area contributed by atoms with E-state index < -0.39 is 0 Å². The van der Waals surface area contributed by atoms with Crippen LogP contribution in [0.5, 0.6) is 5.75 Å². The lowest BCUT2D eigenvalue weighted by Gasteiger charge is -2.15. The van der Waals surface area contributed by atoms with E-state index in [9.17, 15) is 4.79 Å². The molecule has 0 fully saturated rings. The molecule has 4 nitrogen and oxygen atoms in total. The molecule has 0 aromatic heterocycles. The molecule has 1 aromatic carbocycles. The maximum Gasteiger partial charge on any atom is 0.234 e. The van der Waals surface area contributed by atoms with Crippen molar-refractivity contribution in [1.29, 1.82) is 0 Å². The van der Waals surface area contributed by atoms with Crippen LogP contribution in [0.3, 0.4) is 0 Å². The van der Waals surface area contributed by atoms with E-state index in [2.05, 4.69) is 37.7 Å². The molecular formula is C15H24N2O2. The van der Waals surface area contributed by atoms with Crippen LogP contribution in [0.1, 0.15) is 35.1 Å². The Morgan fingerprint density at radius 2 is 1.95 bits per heavy atom. The lowest BCUT2D eigenvalue weighted by Crippen LogP contribution is -2.33. The van der Waals surface area contributed by atoms with Crippen molar-refractivity contribution in [3.05, 3.63) is 28.3 Å². The highest BCUT2D eigenvalue weighted by molar-refractivity contribution is 5.75. The Morgan fingerprint density at radius 3 is 2.53 bits per heavy atom. The Morgan fingerprint density at radius 1 is 1.26 bits per heavy atom. The van der Waals surface area contributed by atoms with Gasteiger partial charge in [-0.05, 0) is 55.9 Å². The summed E-state index contributed by atoms with van der Waals surface area (Å²) in [5, 5.41) is 0. The molecule has 0 spiro atoms. The molecule has 0 bridgehead atoms. The van der Waals surface area contributed by atoms with E-state index in [1.807, 2.05) is 0 Å². The minimum atomic E-state index is 0.0297. The highest BCUT2D eigenvalue weighted by Crippen LogP contribution is 2.29. The van der Waals surface area contributed by atoms with Crippen molar-refractivity contribution < 1.29 is 9.53 Å². The number of ether oxygens (including phenoxy) is 1. The molecule has 0 atom stereocenters. The topological polar surface area (TPSA) is 50.4 Å². The van der Waals surface area contributed by atoms with Crippen molar-refractivity contribution >= 4 is 5.91 Å². The molecule has 2 N–H and O–H groups in total. The van der Waals surface area contributed by atoms with Gasteiger partial charge in [0.05, 0.1) is 7.11 Å². The first-order valence-corrected chi connectivity index (χ1v) is 6.60. The second-order valence-electron chi connectivity index (χ2n) is 4.79. The van der Waals surface area contributed by atoms with Crippen LogP contribution in [0, 0.1) is 20.8 Å². The highest BCUT2D eigenvalue weighted by atomic mass is 16.5. The normalized spacial score (nSPS) is 10.4. The Balaban J connectivity index is 2.72. The van der Waals surface area contributed by atoms with Crippen molar-refractivity contribution in [2.24, 2.45) is 0 Å². The zero-order valence-corrected chi connectivity index (χ0v) is 12.5. The number of nitrogens with one attached hydrogen (secondary N) is 2. The zero-order valence-electron chi connectivity index (χ0n) is 12.5. The fraction of sp³-hybridized carbons (Fsp3) is 0.533. The molecule has 0 saturated carbocycles. The van der Waals surface area contributed by atoms with E-state index >= 15 is 0 Å². The van der Waals surface area contributed by atoms with Gasteiger partial charge in [0, 0.05) is 13.5 Å². The zero-order chi connectivity index (χ0) is 14.4. The van der Waals surface area contributed by atoms with E-state index in [0.29, 0.717) is 6.42 Å². The summed E-state index contributed by atoms with van der Waals surface area (Å²) >= 11 is 0. The summed E-state index contributed by atoms with van der Waals surface area (Å²) in [4.78, 5) is 11.4. The van der Waals surface area contributed by atoms with Gasteiger partial charge in [0.2, 0.25) is 5.91 Å². The molecule has 0 heterocycles. The number of hydrogen-bond donors (Lipinski definition) is 2. The Bertz CT molecular complexity index is 456. The minimum absolute atomic E-state index is 0.0297. The number of carbonyl (C=O) groups excluding carboxylic acids is 1. The number of amides is 1. The number of rotatable bonds is 6. The van der Waals surface area contributed by atoms with E-state index in [-0.39, 0.29) is 5.91 Å². The summed E-state index contributed by atoms with van der Waals surface area (Å²) in [6.07, 6.45) is 2.29. The smallest absolute Gasteiger partial charge is 0.234 e. The lowest BCUT2D eigenvalue weighted by atomic mass is 9.95. The van der Waals surface area contributed by atoms with Gasteiger partial charge in [0.25, 0.3) is 0 Å². The number of carbonyl (C=O) groups is 1. The molecule has 0 unspecified atom stereocenters. The van der Waals surface area contributed by atoms with Crippen molar-refractivity contribution in [2.75, 3.05) is 14.2 Å². The average molecular weight is 264 g/mol. The standard InChI is InChI=1S/C15H24N2O2/c1-10-9-13(7-6-8-14(18)17-16-4)11(2)12(3)15(10)19-5/h9,16H,6-8H2,1-5H3,(H,17,18). The molecule has 19 heavy (non-hydrogen) atoms. The van der Waals surface area contributed by atoms with Gasteiger partial charge in [-0.3, -0.25) is 10.2 Å². The van der Waals surface area contributed by atoms with E-state index in [1.165, 1.54) is 16.7 Å². The second-order valence-corrected chi connectivity index (χ2v) is 4.79. The first kappa shape index (κ1) is 15.5. The van der Waals surface area contributed by atoms with Crippen molar-refractivity contribution in [3.8, 4) is 5.75 Å². The number of benzene rings is 1. The molecular weight excluding hydrogens is 240 g/mol. The number of methoxy groups -OCH3 is 1. The van der Waals surface area contributed by atoms with Gasteiger partial charge in [-0.2, -0.15) is 0 Å². The van der Waals surface area contributed by atoms with Gasteiger partial charge in [-0.1, -0.05) is 6.07 Å². The lowest BCUT2D eigenvalue weighted by molar-refractivity contribution is -0.122. The number of hydrazine groups is 1. The number of hydrogen-bond acceptors (Lipinski definition) is 3. The highest BCUT2D eigenvalue weighted by Gasteiger charge is 2.10. The number of aryl methyl sites for hydroxylation is 2. The van der Waals surface area contributed by atoms with Crippen LogP contribution in [-0.4, -0.2) is 20.1 Å². The Hall–Kier alpha value is -1.55. The van der Waals surface area contributed by atoms with Gasteiger partial charge in [-0.15, -0.1) is 0 Å². The maximum absolute atomic E-state index is 11.4. The quantitative estimate of drug-likeness (QED) is 0.774. The van der Waals surface area contributed by atoms with Crippen LogP contribution in [0.2, 0.25) is 0 Å². The van der Waals surface area contributed by atoms with Crippen LogP contribution in [0.25, 0.3) is 0 Å². The van der Waals surface area contributed by atoms with E-state index in [0.717, 1.165) is 24.2 Å². The van der Waals surface area contributed by atoms with Gasteiger partial charge in [0.15, 0.2) is 0 Å². The van der Waals surface area contributed by atoms with Gasteiger partial charge < -0.3 is 4.74 Å². The molecule has 1 aromatic rings. The third-order valence-electron chi connectivity index (χ3n) is 3.45. The van der Waals surface area contributed by atoms with Crippen LogP contribution >= 0.6 is 0 Å². The molecule has 0 aliphatic heterocycles. The molecule has 0 aliphatic rings. The van der Waals surface area contributed by atoms with Crippen molar-refractivity contribution in [2.45, 2.75) is 40.0 Å². The SMILES string of the molecule is CNNC(=O)CCCc1cc(C)c(OC)c(C)c1C. The minimum Gasteiger partial charge on any atom is -0.496 e. The average Bonchev–Trinajstić information content (AvgIpc) is 2.36. The van der Waals surface area contributed by atoms with Crippen molar-refractivity contribution in [3.63, 3.8) is 0 Å². The summed E-state index contributed by atoms with van der Waals surface area (Å²) < 4.78 is 5.41. The maximum atomic E-state index is 11.4. The van der Waals surface area contributed by atoms with Crippen LogP contribution in [0.15, 0.2) is 6.07 Å². The van der Waals surface area contributed by atoms with Gasteiger partial charge in [0.1, 0.15) is 5.75 Å². The third-order valence-corrected chi connectivity index (χ3v) is 3.45. The summed E-state index contributed by atoms with van der Waals surface area (Å²) in [7, 11) is 3.40. The fourth-order valence-electron chi connectivity index (χ4n) is 2.36. The fourth-order valence-corrected chi connectivity index (χ4v) is 2.36. The first-order chi connectivity index (χ1) is 9.01. The monoisotopic (exact) mass is 264 g/mol. The van der Waals surface area contributed by atoms with Gasteiger partial charge in [-0.25, -0.2) is 5.43 Å². The summed E-state index contributed by atoms with van der Waals surface area (Å²) in [5.41, 5.74) is 10.1. The first-order valence-electron chi connectivity index (χ1n) is 6.60. The molecule has 106 valence electrons. The van der Waals surface area contributed by atoms with Crippen LogP contribution in [-0.2, 0) is 11.2 Å². The van der Waals surface area contributed by atoms with E-state index in [4.69, 9.17) is 4.74 Å². The molecule has 0 radical (unpaired) electrons. The molecule has 4 heteroatoms. The van der Waals surface area contributed by atoms with Crippen LogP contribution in [0.4, 0.5) is 0 Å². The predicted molar refractivity (Wildman–Crippen MR) is 77.3 cm³/mol. The third kappa shape index (κ3) is 3.96. The van der Waals surface area contributed by atoms with Gasteiger partial charge >= 0.3 is 0 Å². The predicted octanol–water partition coefficient (Wildman–Crippen LogP) is 2.19. The Labute approximate surface area is 115 Å². The largest absolute Gasteiger partial charge is 0.496 e. The molecule has 1 rings (SSSR count). The molecule has 0 aliphatic carbocycles. The van der Waals surface area contributed by atoms with E-state index in [1.54, 1.807) is 14.2 Å². The summed E-state index contributed by atoms with van der Waals surface area (Å²) in [5.74, 6) is 0.997. The summed E-state index contributed by atoms with van der Waals surface area (Å²) in [6, 6.07) is 2.16. The van der Waals surface area contributed by atoms with Crippen LogP contribution < -0.4 is 15.6 Å². The Kier molecular flexibility index (Phi) is 5.83. The molecule has 1 amide bonds. The van der Waals surface area contributed by atoms with Crippen molar-refractivity contribution in [1.82, 2.24) is 10.9 Å². The summed E-state index contributed by atoms with van der Waals surface area (Å²) in [6.45, 7) is 6.25. The second kappa shape index (κ2) is 7.14.